The van der Waals surface area contributed by atoms with Crippen molar-refractivity contribution in [3.8, 4) is 28.4 Å². The van der Waals surface area contributed by atoms with Gasteiger partial charge in [0.05, 0.1) is 17.6 Å². The maximum absolute atomic E-state index is 11.9. The molecule has 10 heteroatoms. The molecule has 0 aliphatic rings. The van der Waals surface area contributed by atoms with E-state index in [-0.39, 0.29) is 12.6 Å². The Labute approximate surface area is 191 Å². The molecule has 0 bridgehead atoms. The van der Waals surface area contributed by atoms with Crippen molar-refractivity contribution in [2.75, 3.05) is 39.2 Å². The minimum atomic E-state index is -0.585. The van der Waals surface area contributed by atoms with Crippen molar-refractivity contribution < 1.29 is 14.3 Å². The summed E-state index contributed by atoms with van der Waals surface area (Å²) in [7, 11) is 3.96. The molecule has 1 aromatic carbocycles. The number of H-pyrrole nitrogens is 1. The summed E-state index contributed by atoms with van der Waals surface area (Å²) in [5.41, 5.74) is 3.85. The molecule has 0 radical (unpaired) electrons. The van der Waals surface area contributed by atoms with Gasteiger partial charge in [-0.3, -0.25) is 10.3 Å². The minimum absolute atomic E-state index is 0.261. The van der Waals surface area contributed by atoms with Crippen LogP contribution in [0.5, 0.6) is 5.88 Å². The lowest BCUT2D eigenvalue weighted by molar-refractivity contribution is 0.167. The van der Waals surface area contributed by atoms with Gasteiger partial charge < -0.3 is 19.4 Å². The van der Waals surface area contributed by atoms with E-state index in [1.54, 1.807) is 31.6 Å². The zero-order chi connectivity index (χ0) is 23.2. The third-order valence-electron chi connectivity index (χ3n) is 4.74. The molecule has 0 saturated carbocycles. The van der Waals surface area contributed by atoms with E-state index in [2.05, 4.69) is 30.2 Å². The number of nitrogens with zero attached hydrogens (tertiary/aromatic N) is 5. The minimum Gasteiger partial charge on any atom is -0.476 e. The van der Waals surface area contributed by atoms with Crippen LogP contribution < -0.4 is 10.1 Å². The van der Waals surface area contributed by atoms with Gasteiger partial charge in [-0.2, -0.15) is 4.98 Å². The first-order chi connectivity index (χ1) is 16.0. The largest absolute Gasteiger partial charge is 0.476 e. The molecule has 1 amide bonds. The second-order valence-electron chi connectivity index (χ2n) is 7.46. The smallest absolute Gasteiger partial charge is 0.413 e. The van der Waals surface area contributed by atoms with E-state index in [4.69, 9.17) is 9.47 Å². The number of nitrogens with one attached hydrogen (secondary N) is 2. The second-order valence-corrected chi connectivity index (χ2v) is 7.46. The highest BCUT2D eigenvalue weighted by molar-refractivity contribution is 5.96. The molecule has 4 aromatic rings. The van der Waals surface area contributed by atoms with Crippen LogP contribution in [0, 0.1) is 0 Å². The number of rotatable bonds is 8. The lowest BCUT2D eigenvalue weighted by Crippen LogP contribution is -2.19. The first kappa shape index (κ1) is 22.2. The molecule has 0 spiro atoms. The van der Waals surface area contributed by atoms with Crippen molar-refractivity contribution >= 4 is 23.1 Å². The first-order valence-electron chi connectivity index (χ1n) is 10.5. The number of pyridine rings is 1. The maximum Gasteiger partial charge on any atom is 0.413 e. The van der Waals surface area contributed by atoms with Gasteiger partial charge in [0.25, 0.3) is 0 Å². The lowest BCUT2D eigenvalue weighted by Gasteiger charge is -2.11. The van der Waals surface area contributed by atoms with Gasteiger partial charge in [-0.25, -0.2) is 14.8 Å². The summed E-state index contributed by atoms with van der Waals surface area (Å²) in [6.07, 6.45) is 4.57. The van der Waals surface area contributed by atoms with Crippen molar-refractivity contribution in [3.05, 3.63) is 48.9 Å². The average molecular weight is 447 g/mol. The standard InChI is InChI=1S/C23H25N7O3/c1-4-32-23(31)29-22-26-18-13-16(15-6-5-8-24-14-15)12-17(20(18)28-22)21-25-9-7-19(27-21)33-11-10-30(2)3/h5-9,12-14H,4,10-11H2,1-3H3,(H2,26,28,29,31). The molecule has 0 saturated heterocycles. The first-order valence-corrected chi connectivity index (χ1v) is 10.5. The Hall–Kier alpha value is -4.05. The summed E-state index contributed by atoms with van der Waals surface area (Å²) < 4.78 is 10.7. The summed E-state index contributed by atoms with van der Waals surface area (Å²) in [5, 5.41) is 2.61. The van der Waals surface area contributed by atoms with Gasteiger partial charge in [0, 0.05) is 42.3 Å². The Morgan fingerprint density at radius 1 is 1.15 bits per heavy atom. The van der Waals surface area contributed by atoms with Gasteiger partial charge in [-0.15, -0.1) is 0 Å². The molecule has 0 aliphatic carbocycles. The number of amides is 1. The molecule has 0 aliphatic heterocycles. The molecule has 2 N–H and O–H groups in total. The lowest BCUT2D eigenvalue weighted by atomic mass is 10.0. The number of imidazole rings is 1. The van der Waals surface area contributed by atoms with Gasteiger partial charge in [0.15, 0.2) is 5.82 Å². The number of benzene rings is 1. The summed E-state index contributed by atoms with van der Waals surface area (Å²) in [4.78, 5) is 34.8. The third-order valence-corrected chi connectivity index (χ3v) is 4.74. The van der Waals surface area contributed by atoms with Gasteiger partial charge in [0.2, 0.25) is 11.8 Å². The van der Waals surface area contributed by atoms with Crippen molar-refractivity contribution in [2.45, 2.75) is 6.92 Å². The molecule has 3 heterocycles. The molecular weight excluding hydrogens is 422 g/mol. The second kappa shape index (κ2) is 10.0. The molecule has 170 valence electrons. The number of hydrogen-bond acceptors (Lipinski definition) is 8. The number of aromatic nitrogens is 5. The van der Waals surface area contributed by atoms with Crippen LogP contribution >= 0.6 is 0 Å². The van der Waals surface area contributed by atoms with E-state index in [0.29, 0.717) is 34.9 Å². The number of hydrogen-bond donors (Lipinski definition) is 2. The number of aromatic amines is 1. The van der Waals surface area contributed by atoms with Gasteiger partial charge in [0.1, 0.15) is 6.61 Å². The number of fused-ring (bicyclic) bond motifs is 1. The fraction of sp³-hybridized carbons (Fsp3) is 0.261. The van der Waals surface area contributed by atoms with Gasteiger partial charge >= 0.3 is 6.09 Å². The van der Waals surface area contributed by atoms with Gasteiger partial charge in [-0.05, 0) is 44.8 Å². The number of likely N-dealkylation sites (N-methyl/N-ethyl adjacent to an activating group) is 1. The van der Waals surface area contributed by atoms with E-state index < -0.39 is 6.09 Å². The monoisotopic (exact) mass is 447 g/mol. The molecule has 4 rings (SSSR count). The highest BCUT2D eigenvalue weighted by Crippen LogP contribution is 2.32. The SMILES string of the molecule is CCOC(=O)Nc1nc2cc(-c3cccnc3)cc(-c3nccc(OCCN(C)C)n3)c2[nH]1. The van der Waals surface area contributed by atoms with Crippen molar-refractivity contribution in [1.82, 2.24) is 29.8 Å². The van der Waals surface area contributed by atoms with Crippen molar-refractivity contribution in [3.63, 3.8) is 0 Å². The van der Waals surface area contributed by atoms with Crippen molar-refractivity contribution in [2.24, 2.45) is 0 Å². The topological polar surface area (TPSA) is 118 Å². The van der Waals surface area contributed by atoms with Crippen LogP contribution in [-0.2, 0) is 4.74 Å². The van der Waals surface area contributed by atoms with E-state index in [9.17, 15) is 4.79 Å². The quantitative estimate of drug-likeness (QED) is 0.421. The number of carbonyl (C=O) groups is 1. The normalized spacial score (nSPS) is 11.0. The van der Waals surface area contributed by atoms with Crippen LogP contribution in [0.4, 0.5) is 10.7 Å². The Morgan fingerprint density at radius 3 is 2.79 bits per heavy atom. The highest BCUT2D eigenvalue weighted by atomic mass is 16.5. The summed E-state index contributed by atoms with van der Waals surface area (Å²) in [6.45, 7) is 3.27. The van der Waals surface area contributed by atoms with Crippen LogP contribution in [0.2, 0.25) is 0 Å². The van der Waals surface area contributed by atoms with Crippen LogP contribution in [-0.4, -0.2) is 69.8 Å². The summed E-state index contributed by atoms with van der Waals surface area (Å²) >= 11 is 0. The number of carbonyl (C=O) groups excluding carboxylic acids is 1. The molecule has 10 nitrogen and oxygen atoms in total. The fourth-order valence-corrected chi connectivity index (χ4v) is 3.20. The Kier molecular flexibility index (Phi) is 6.75. The average Bonchev–Trinajstić information content (AvgIpc) is 3.21. The van der Waals surface area contributed by atoms with Crippen LogP contribution in [0.15, 0.2) is 48.9 Å². The van der Waals surface area contributed by atoms with E-state index in [1.165, 1.54) is 0 Å². The van der Waals surface area contributed by atoms with Crippen LogP contribution in [0.25, 0.3) is 33.5 Å². The Bertz CT molecular complexity index is 1240. The van der Waals surface area contributed by atoms with E-state index in [0.717, 1.165) is 17.7 Å². The van der Waals surface area contributed by atoms with Gasteiger partial charge in [-0.1, -0.05) is 6.07 Å². The molecule has 3 aromatic heterocycles. The van der Waals surface area contributed by atoms with E-state index in [1.807, 2.05) is 43.3 Å². The molecule has 33 heavy (non-hydrogen) atoms. The summed E-state index contributed by atoms with van der Waals surface area (Å²) in [5.74, 6) is 1.22. The number of anilines is 1. The highest BCUT2D eigenvalue weighted by Gasteiger charge is 2.16. The van der Waals surface area contributed by atoms with Crippen molar-refractivity contribution in [1.29, 1.82) is 0 Å². The zero-order valence-electron chi connectivity index (χ0n) is 18.7. The predicted octanol–water partition coefficient (Wildman–Crippen LogP) is 3.59. The third kappa shape index (κ3) is 5.42. The molecule has 0 atom stereocenters. The Morgan fingerprint density at radius 2 is 2.03 bits per heavy atom. The predicted molar refractivity (Wildman–Crippen MR) is 125 cm³/mol. The molecular formula is C23H25N7O3. The zero-order valence-corrected chi connectivity index (χ0v) is 18.7. The Balaban J connectivity index is 1.76. The van der Waals surface area contributed by atoms with E-state index >= 15 is 0 Å². The fourth-order valence-electron chi connectivity index (χ4n) is 3.20. The van der Waals surface area contributed by atoms with Crippen LogP contribution in [0.3, 0.4) is 0 Å². The summed E-state index contributed by atoms with van der Waals surface area (Å²) in [6, 6.07) is 9.43. The maximum atomic E-state index is 11.9. The number of ether oxygens (including phenoxy) is 2. The molecule has 0 unspecified atom stereocenters. The van der Waals surface area contributed by atoms with Crippen LogP contribution in [0.1, 0.15) is 6.92 Å². The molecule has 0 fully saturated rings.